The van der Waals surface area contributed by atoms with E-state index in [0.717, 1.165) is 5.03 Å². The van der Waals surface area contributed by atoms with Crippen LogP contribution in [0.1, 0.15) is 0 Å². The zero-order valence-corrected chi connectivity index (χ0v) is 6.65. The van der Waals surface area contributed by atoms with Crippen molar-refractivity contribution >= 4 is 11.8 Å². The van der Waals surface area contributed by atoms with Gasteiger partial charge in [-0.05, 0) is 6.26 Å². The minimum Gasteiger partial charge on any atom is -0.178 e. The fraction of sp³-hybridized carbons (Fsp3) is 0.333. The second-order valence-electron chi connectivity index (χ2n) is 1.82. The third-order valence-corrected chi connectivity index (χ3v) is 1.96. The molecule has 4 heteroatoms. The van der Waals surface area contributed by atoms with Crippen molar-refractivity contribution in [3.63, 3.8) is 0 Å². The number of nitrogens with zero attached hydrogens (tertiary/aromatic N) is 2. The van der Waals surface area contributed by atoms with E-state index in [-0.39, 0.29) is 0 Å². The summed E-state index contributed by atoms with van der Waals surface area (Å²) >= 11 is 1.54. The first-order valence-corrected chi connectivity index (χ1v) is 4.03. The number of thioether (sulfide) groups is 1. The van der Waals surface area contributed by atoms with Crippen molar-refractivity contribution in [2.24, 2.45) is 7.05 Å². The van der Waals surface area contributed by atoms with E-state index in [1.807, 2.05) is 6.26 Å². The van der Waals surface area contributed by atoms with E-state index in [1.54, 1.807) is 13.1 Å². The molecule has 0 amide bonds. The molecule has 0 fully saturated rings. The molecule has 2 nitrogen and oxygen atoms in total. The lowest BCUT2D eigenvalue weighted by Gasteiger charge is -1.90. The van der Waals surface area contributed by atoms with Gasteiger partial charge in [-0.15, -0.1) is 0 Å². The van der Waals surface area contributed by atoms with Crippen LogP contribution in [0.3, 0.4) is 0 Å². The Morgan fingerprint density at radius 3 is 2.80 bits per heavy atom. The van der Waals surface area contributed by atoms with Crippen LogP contribution in [0.15, 0.2) is 17.2 Å². The first kappa shape index (κ1) is 7.47. The van der Waals surface area contributed by atoms with E-state index >= 15 is 0 Å². The summed E-state index contributed by atoms with van der Waals surface area (Å²) in [4.78, 5) is 0. The highest BCUT2D eigenvalue weighted by Gasteiger charge is 2.06. The molecule has 0 aliphatic rings. The molecular formula is C6H8FN2S+. The van der Waals surface area contributed by atoms with Crippen LogP contribution in [-0.4, -0.2) is 11.4 Å². The Balaban J connectivity index is 3.07. The monoisotopic (exact) mass is 159 g/mol. The lowest BCUT2D eigenvalue weighted by Crippen LogP contribution is -2.36. The topological polar surface area (TPSA) is 16.8 Å². The van der Waals surface area contributed by atoms with Crippen molar-refractivity contribution < 1.29 is 9.07 Å². The first-order chi connectivity index (χ1) is 4.74. The van der Waals surface area contributed by atoms with Crippen LogP contribution in [0.2, 0.25) is 0 Å². The average molecular weight is 159 g/mol. The highest BCUT2D eigenvalue weighted by atomic mass is 32.2. The SMILES string of the molecule is CSc1ccc(F)n[n+]1C. The van der Waals surface area contributed by atoms with Gasteiger partial charge in [-0.3, -0.25) is 0 Å². The molecule has 10 heavy (non-hydrogen) atoms. The Morgan fingerprint density at radius 2 is 2.30 bits per heavy atom. The predicted octanol–water partition coefficient (Wildman–Crippen LogP) is 0.767. The van der Waals surface area contributed by atoms with Crippen LogP contribution in [-0.2, 0) is 7.05 Å². The van der Waals surface area contributed by atoms with E-state index < -0.39 is 5.95 Å². The normalized spacial score (nSPS) is 9.90. The van der Waals surface area contributed by atoms with Gasteiger partial charge in [0.2, 0.25) is 0 Å². The van der Waals surface area contributed by atoms with Crippen LogP contribution >= 0.6 is 11.8 Å². The summed E-state index contributed by atoms with van der Waals surface area (Å²) in [5.41, 5.74) is 0. The van der Waals surface area contributed by atoms with Crippen molar-refractivity contribution in [2.75, 3.05) is 6.26 Å². The Morgan fingerprint density at radius 1 is 1.60 bits per heavy atom. The lowest BCUT2D eigenvalue weighted by atomic mass is 10.6. The summed E-state index contributed by atoms with van der Waals surface area (Å²) in [5.74, 6) is -0.444. The van der Waals surface area contributed by atoms with Crippen molar-refractivity contribution in [3.05, 3.63) is 18.1 Å². The van der Waals surface area contributed by atoms with E-state index in [4.69, 9.17) is 0 Å². The third kappa shape index (κ3) is 1.44. The second-order valence-corrected chi connectivity index (χ2v) is 2.65. The molecule has 0 unspecified atom stereocenters. The van der Waals surface area contributed by atoms with Crippen LogP contribution in [0.4, 0.5) is 4.39 Å². The molecule has 1 heterocycles. The molecule has 0 spiro atoms. The van der Waals surface area contributed by atoms with Crippen molar-refractivity contribution in [1.29, 1.82) is 0 Å². The summed E-state index contributed by atoms with van der Waals surface area (Å²) in [6.45, 7) is 0. The molecule has 1 aromatic heterocycles. The molecule has 0 aliphatic heterocycles. The molecule has 0 atom stereocenters. The predicted molar refractivity (Wildman–Crippen MR) is 37.2 cm³/mol. The molecule has 0 aromatic carbocycles. The highest BCUT2D eigenvalue weighted by Crippen LogP contribution is 2.06. The number of rotatable bonds is 1. The van der Waals surface area contributed by atoms with E-state index in [2.05, 4.69) is 5.10 Å². The lowest BCUT2D eigenvalue weighted by molar-refractivity contribution is -0.768. The molecular weight excluding hydrogens is 151 g/mol. The Hall–Kier alpha value is -0.640. The van der Waals surface area contributed by atoms with Crippen molar-refractivity contribution in [3.8, 4) is 0 Å². The number of hydrogen-bond acceptors (Lipinski definition) is 2. The average Bonchev–Trinajstić information content (AvgIpc) is 1.88. The number of hydrogen-bond donors (Lipinski definition) is 0. The summed E-state index contributed by atoms with van der Waals surface area (Å²) < 4.78 is 13.9. The molecule has 1 aromatic rings. The summed E-state index contributed by atoms with van der Waals surface area (Å²) in [5, 5.41) is 4.52. The number of aromatic nitrogens is 2. The van der Waals surface area contributed by atoms with Gasteiger partial charge in [0.05, 0.1) is 0 Å². The van der Waals surface area contributed by atoms with Gasteiger partial charge in [-0.2, -0.15) is 4.39 Å². The fourth-order valence-electron chi connectivity index (χ4n) is 0.674. The highest BCUT2D eigenvalue weighted by molar-refractivity contribution is 7.98. The standard InChI is InChI=1S/C6H8FN2S/c1-9-6(10-2)4-3-5(7)8-9/h3-4H,1-2H3/q+1. The Kier molecular flexibility index (Phi) is 2.21. The van der Waals surface area contributed by atoms with Gasteiger partial charge in [0.15, 0.2) is 7.05 Å². The smallest absolute Gasteiger partial charge is 0.178 e. The molecule has 0 radical (unpaired) electrons. The minimum absolute atomic E-state index is 0.444. The Labute approximate surface area is 63.1 Å². The minimum atomic E-state index is -0.444. The zero-order chi connectivity index (χ0) is 7.56. The van der Waals surface area contributed by atoms with Gasteiger partial charge >= 0.3 is 0 Å². The fourth-order valence-corrected chi connectivity index (χ4v) is 1.18. The third-order valence-electron chi connectivity index (χ3n) is 1.14. The first-order valence-electron chi connectivity index (χ1n) is 2.81. The van der Waals surface area contributed by atoms with Crippen LogP contribution < -0.4 is 4.68 Å². The van der Waals surface area contributed by atoms with Gasteiger partial charge in [0, 0.05) is 17.2 Å². The van der Waals surface area contributed by atoms with E-state index in [1.165, 1.54) is 22.5 Å². The van der Waals surface area contributed by atoms with Gasteiger partial charge in [0.1, 0.15) is 0 Å². The van der Waals surface area contributed by atoms with Gasteiger partial charge in [-0.25, -0.2) is 0 Å². The van der Waals surface area contributed by atoms with Crippen LogP contribution in [0.25, 0.3) is 0 Å². The number of aryl methyl sites for hydroxylation is 1. The summed E-state index contributed by atoms with van der Waals surface area (Å²) in [7, 11) is 1.72. The zero-order valence-electron chi connectivity index (χ0n) is 5.84. The molecule has 0 bridgehead atoms. The maximum atomic E-state index is 12.3. The van der Waals surface area contributed by atoms with Crippen molar-refractivity contribution in [2.45, 2.75) is 5.03 Å². The largest absolute Gasteiger partial charge is 0.277 e. The second kappa shape index (κ2) is 2.96. The van der Waals surface area contributed by atoms with Crippen LogP contribution in [0, 0.1) is 5.95 Å². The van der Waals surface area contributed by atoms with E-state index in [9.17, 15) is 4.39 Å². The quantitative estimate of drug-likeness (QED) is 0.444. The van der Waals surface area contributed by atoms with Crippen molar-refractivity contribution in [1.82, 2.24) is 5.10 Å². The van der Waals surface area contributed by atoms with E-state index in [0.29, 0.717) is 0 Å². The molecule has 0 aliphatic carbocycles. The van der Waals surface area contributed by atoms with Gasteiger partial charge in [0.25, 0.3) is 11.0 Å². The maximum Gasteiger partial charge on any atom is 0.277 e. The molecule has 0 saturated carbocycles. The molecule has 0 saturated heterocycles. The number of halogens is 1. The maximum absolute atomic E-state index is 12.3. The Bertz CT molecular complexity index is 239. The summed E-state index contributed by atoms with van der Waals surface area (Å²) in [6, 6.07) is 3.05. The van der Waals surface area contributed by atoms with Gasteiger partial charge in [-0.1, -0.05) is 16.4 Å². The molecule has 54 valence electrons. The van der Waals surface area contributed by atoms with Crippen LogP contribution in [0.5, 0.6) is 0 Å². The molecule has 1 rings (SSSR count). The summed E-state index contributed by atoms with van der Waals surface area (Å²) in [6.07, 6.45) is 1.93. The molecule has 0 N–H and O–H groups in total. The van der Waals surface area contributed by atoms with Gasteiger partial charge < -0.3 is 0 Å².